The van der Waals surface area contributed by atoms with Crippen LogP contribution in [0.4, 0.5) is 0 Å². The molecule has 0 spiro atoms. The molecule has 0 aromatic heterocycles. The summed E-state index contributed by atoms with van der Waals surface area (Å²) in [6.45, 7) is 1.92. The van der Waals surface area contributed by atoms with Gasteiger partial charge in [0.25, 0.3) is 5.60 Å². The van der Waals surface area contributed by atoms with E-state index >= 15 is 0 Å². The Labute approximate surface area is 108 Å². The minimum Gasteiger partial charge on any atom is -0.466 e. The Bertz CT molecular complexity index is 452. The standard InChI is InChI=1S/C12H12BrNO3/c1-8-3-5-9(6-4-8)10(13)12(16,7-14)11(15)17-2/h3-6,10,16H,1-2H3. The Morgan fingerprint density at radius 1 is 1.53 bits per heavy atom. The molecule has 0 heterocycles. The fourth-order valence-electron chi connectivity index (χ4n) is 1.34. The summed E-state index contributed by atoms with van der Waals surface area (Å²) in [5.41, 5.74) is -0.554. The molecule has 1 N–H and O–H groups in total. The molecule has 0 bridgehead atoms. The van der Waals surface area contributed by atoms with Gasteiger partial charge in [-0.15, -0.1) is 0 Å². The summed E-state index contributed by atoms with van der Waals surface area (Å²) >= 11 is 3.16. The first-order chi connectivity index (χ1) is 7.95. The number of nitriles is 1. The number of carbonyl (C=O) groups excluding carboxylic acids is 1. The molecule has 0 aliphatic heterocycles. The molecule has 90 valence electrons. The average molecular weight is 298 g/mol. The third-order valence-corrected chi connectivity index (χ3v) is 3.60. The lowest BCUT2D eigenvalue weighted by atomic mass is 9.95. The summed E-state index contributed by atoms with van der Waals surface area (Å²) < 4.78 is 4.43. The van der Waals surface area contributed by atoms with Crippen LogP contribution in [-0.2, 0) is 9.53 Å². The van der Waals surface area contributed by atoms with Gasteiger partial charge in [0.05, 0.1) is 11.9 Å². The van der Waals surface area contributed by atoms with Crippen LogP contribution < -0.4 is 0 Å². The fourth-order valence-corrected chi connectivity index (χ4v) is 1.93. The zero-order valence-electron chi connectivity index (χ0n) is 9.48. The van der Waals surface area contributed by atoms with Gasteiger partial charge in [-0.3, -0.25) is 0 Å². The molecule has 17 heavy (non-hydrogen) atoms. The van der Waals surface area contributed by atoms with Gasteiger partial charge in [-0.1, -0.05) is 45.8 Å². The van der Waals surface area contributed by atoms with Crippen LogP contribution in [0.3, 0.4) is 0 Å². The number of aliphatic hydroxyl groups is 1. The normalized spacial score (nSPS) is 15.5. The van der Waals surface area contributed by atoms with Gasteiger partial charge < -0.3 is 9.84 Å². The Morgan fingerprint density at radius 2 is 2.06 bits per heavy atom. The second-order valence-corrected chi connectivity index (χ2v) is 4.56. The van der Waals surface area contributed by atoms with E-state index in [4.69, 9.17) is 5.26 Å². The first-order valence-electron chi connectivity index (χ1n) is 4.88. The molecule has 1 rings (SSSR count). The van der Waals surface area contributed by atoms with E-state index in [0.29, 0.717) is 5.56 Å². The van der Waals surface area contributed by atoms with E-state index in [1.54, 1.807) is 18.2 Å². The van der Waals surface area contributed by atoms with Gasteiger partial charge >= 0.3 is 5.97 Å². The number of hydrogen-bond donors (Lipinski definition) is 1. The Balaban J connectivity index is 3.10. The lowest BCUT2D eigenvalue weighted by Gasteiger charge is -2.23. The SMILES string of the molecule is COC(=O)C(O)(C#N)C(Br)c1ccc(C)cc1. The molecule has 0 saturated heterocycles. The minimum atomic E-state index is -2.23. The summed E-state index contributed by atoms with van der Waals surface area (Å²) in [5, 5.41) is 18.9. The number of alkyl halides is 1. The second kappa shape index (κ2) is 5.30. The van der Waals surface area contributed by atoms with E-state index in [-0.39, 0.29) is 0 Å². The van der Waals surface area contributed by atoms with Gasteiger partial charge in [0, 0.05) is 0 Å². The van der Waals surface area contributed by atoms with Crippen molar-refractivity contribution in [2.75, 3.05) is 7.11 Å². The van der Waals surface area contributed by atoms with E-state index in [0.717, 1.165) is 12.7 Å². The summed E-state index contributed by atoms with van der Waals surface area (Å²) in [7, 11) is 1.12. The topological polar surface area (TPSA) is 70.3 Å². The number of aryl methyl sites for hydroxylation is 1. The number of hydrogen-bond acceptors (Lipinski definition) is 4. The predicted octanol–water partition coefficient (Wildman–Crippen LogP) is 1.86. The zero-order chi connectivity index (χ0) is 13.1. The minimum absolute atomic E-state index is 0.630. The Morgan fingerprint density at radius 3 is 2.47 bits per heavy atom. The molecule has 1 aromatic rings. The van der Waals surface area contributed by atoms with Crippen LogP contribution in [0, 0.1) is 18.3 Å². The van der Waals surface area contributed by atoms with Crippen LogP contribution >= 0.6 is 15.9 Å². The summed E-state index contributed by atoms with van der Waals surface area (Å²) in [4.78, 5) is 10.6. The highest BCUT2D eigenvalue weighted by atomic mass is 79.9. The number of methoxy groups -OCH3 is 1. The lowest BCUT2D eigenvalue weighted by molar-refractivity contribution is -0.156. The highest BCUT2D eigenvalue weighted by Gasteiger charge is 2.45. The van der Waals surface area contributed by atoms with Crippen LogP contribution in [0.15, 0.2) is 24.3 Å². The highest BCUT2D eigenvalue weighted by Crippen LogP contribution is 2.35. The summed E-state index contributed by atoms with van der Waals surface area (Å²) in [6.07, 6.45) is 0. The number of ether oxygens (including phenoxy) is 1. The number of halogens is 1. The van der Waals surface area contributed by atoms with E-state index in [1.807, 2.05) is 19.1 Å². The molecule has 0 radical (unpaired) electrons. The smallest absolute Gasteiger partial charge is 0.354 e. The third-order valence-electron chi connectivity index (χ3n) is 2.40. The molecular weight excluding hydrogens is 286 g/mol. The van der Waals surface area contributed by atoms with Gasteiger partial charge in [-0.2, -0.15) is 5.26 Å². The molecular formula is C12H12BrNO3. The number of rotatable bonds is 3. The molecule has 1 aromatic carbocycles. The molecule has 2 unspecified atom stereocenters. The maximum absolute atomic E-state index is 11.4. The van der Waals surface area contributed by atoms with Crippen molar-refractivity contribution in [2.24, 2.45) is 0 Å². The van der Waals surface area contributed by atoms with Crippen molar-refractivity contribution < 1.29 is 14.6 Å². The first kappa shape index (κ1) is 13.7. The van der Waals surface area contributed by atoms with Gasteiger partial charge in [-0.05, 0) is 12.5 Å². The first-order valence-corrected chi connectivity index (χ1v) is 5.80. The van der Waals surface area contributed by atoms with Crippen molar-refractivity contribution >= 4 is 21.9 Å². The molecule has 0 aliphatic carbocycles. The van der Waals surface area contributed by atoms with Crippen LogP contribution in [0.2, 0.25) is 0 Å². The van der Waals surface area contributed by atoms with Gasteiger partial charge in [0.15, 0.2) is 0 Å². The third kappa shape index (κ3) is 2.65. The van der Waals surface area contributed by atoms with Gasteiger partial charge in [0.2, 0.25) is 0 Å². The molecule has 4 nitrogen and oxygen atoms in total. The number of nitrogens with zero attached hydrogens (tertiary/aromatic N) is 1. The van der Waals surface area contributed by atoms with Crippen molar-refractivity contribution in [3.63, 3.8) is 0 Å². The lowest BCUT2D eigenvalue weighted by Crippen LogP contribution is -2.41. The molecule has 0 aliphatic rings. The van der Waals surface area contributed by atoms with Crippen LogP contribution in [0.25, 0.3) is 0 Å². The Kier molecular flexibility index (Phi) is 4.27. The maximum Gasteiger partial charge on any atom is 0.354 e. The quantitative estimate of drug-likeness (QED) is 0.525. The van der Waals surface area contributed by atoms with E-state index in [9.17, 15) is 9.90 Å². The molecule has 5 heteroatoms. The molecule has 0 fully saturated rings. The van der Waals surface area contributed by atoms with Crippen LogP contribution in [0.5, 0.6) is 0 Å². The second-order valence-electron chi connectivity index (χ2n) is 3.64. The van der Waals surface area contributed by atoms with Crippen molar-refractivity contribution in [1.82, 2.24) is 0 Å². The monoisotopic (exact) mass is 297 g/mol. The van der Waals surface area contributed by atoms with E-state index in [1.165, 1.54) is 0 Å². The zero-order valence-corrected chi connectivity index (χ0v) is 11.1. The molecule has 2 atom stereocenters. The van der Waals surface area contributed by atoms with Crippen LogP contribution in [0.1, 0.15) is 16.0 Å². The molecule has 0 amide bonds. The van der Waals surface area contributed by atoms with E-state index in [2.05, 4.69) is 20.7 Å². The van der Waals surface area contributed by atoms with Crippen molar-refractivity contribution in [3.05, 3.63) is 35.4 Å². The summed E-state index contributed by atoms with van der Waals surface area (Å²) in [5.74, 6) is -0.984. The van der Waals surface area contributed by atoms with Crippen molar-refractivity contribution in [3.8, 4) is 6.07 Å². The van der Waals surface area contributed by atoms with Crippen molar-refractivity contribution in [1.29, 1.82) is 5.26 Å². The maximum atomic E-state index is 11.4. The number of carbonyl (C=O) groups is 1. The van der Waals surface area contributed by atoms with E-state index < -0.39 is 16.4 Å². The predicted molar refractivity (Wildman–Crippen MR) is 65.4 cm³/mol. The Hall–Kier alpha value is -1.38. The van der Waals surface area contributed by atoms with Gasteiger partial charge in [-0.25, -0.2) is 4.79 Å². The molecule has 0 saturated carbocycles. The van der Waals surface area contributed by atoms with Crippen molar-refractivity contribution in [2.45, 2.75) is 17.4 Å². The van der Waals surface area contributed by atoms with Gasteiger partial charge in [0.1, 0.15) is 6.07 Å². The summed E-state index contributed by atoms with van der Waals surface area (Å²) in [6, 6.07) is 8.71. The average Bonchev–Trinajstić information content (AvgIpc) is 2.36. The fraction of sp³-hybridized carbons (Fsp3) is 0.333. The number of esters is 1. The largest absolute Gasteiger partial charge is 0.466 e. The van der Waals surface area contributed by atoms with Crippen LogP contribution in [-0.4, -0.2) is 23.8 Å². The highest BCUT2D eigenvalue weighted by molar-refractivity contribution is 9.09. The number of benzene rings is 1.